The molecule has 0 aromatic heterocycles. The number of benzene rings is 4. The van der Waals surface area contributed by atoms with E-state index in [0.717, 1.165) is 18.2 Å². The summed E-state index contributed by atoms with van der Waals surface area (Å²) in [4.78, 5) is 0. The van der Waals surface area contributed by atoms with Crippen LogP contribution in [0.3, 0.4) is 0 Å². The highest BCUT2D eigenvalue weighted by molar-refractivity contribution is 5.75. The summed E-state index contributed by atoms with van der Waals surface area (Å²) in [6.45, 7) is -1.55. The summed E-state index contributed by atoms with van der Waals surface area (Å²) in [6.07, 6.45) is -15.7. The van der Waals surface area contributed by atoms with E-state index < -0.39 is 104 Å². The number of phenolic OH excluding ortho intramolecular Hbond substituents is 5. The summed E-state index contributed by atoms with van der Waals surface area (Å²) < 4.78 is 17.1. The van der Waals surface area contributed by atoms with Crippen LogP contribution in [0.4, 0.5) is 0 Å². The average Bonchev–Trinajstić information content (AvgIpc) is 3.18. The first-order valence-corrected chi connectivity index (χ1v) is 17.8. The molecule has 0 unspecified atom stereocenters. The minimum atomic E-state index is -1.92. The minimum absolute atomic E-state index is 0.0134. The van der Waals surface area contributed by atoms with Crippen LogP contribution in [0.15, 0.2) is 72.8 Å². The van der Waals surface area contributed by atoms with Gasteiger partial charge in [0.2, 0.25) is 6.29 Å². The Hall–Kier alpha value is -5.02. The van der Waals surface area contributed by atoms with Gasteiger partial charge in [0.15, 0.2) is 0 Å². The average molecular weight is 797 g/mol. The molecule has 4 aromatic rings. The van der Waals surface area contributed by atoms with E-state index in [2.05, 4.69) is 0 Å². The maximum Gasteiger partial charge on any atom is 0.229 e. The summed E-state index contributed by atoms with van der Waals surface area (Å²) in [5.41, 5.74) is 0.252. The minimum Gasteiger partial charge on any atom is -0.508 e. The molecule has 2 heterocycles. The predicted molar refractivity (Wildman–Crippen MR) is 197 cm³/mol. The first kappa shape index (κ1) is 41.6. The van der Waals surface area contributed by atoms with Gasteiger partial charge in [0.05, 0.1) is 19.3 Å². The Balaban J connectivity index is 1.53. The van der Waals surface area contributed by atoms with E-state index in [-0.39, 0.29) is 45.1 Å². The zero-order valence-corrected chi connectivity index (χ0v) is 29.9. The highest BCUT2D eigenvalue weighted by atomic mass is 16.7. The molecule has 0 radical (unpaired) electrons. The molecular weight excluding hydrogens is 752 g/mol. The van der Waals surface area contributed by atoms with Gasteiger partial charge in [-0.2, -0.15) is 0 Å². The third-order valence-electron chi connectivity index (χ3n) is 10.2. The third-order valence-corrected chi connectivity index (χ3v) is 10.2. The van der Waals surface area contributed by atoms with Crippen LogP contribution in [0.1, 0.15) is 51.5 Å². The number of aliphatic hydroxyl groups is 9. The van der Waals surface area contributed by atoms with Crippen molar-refractivity contribution >= 4 is 12.2 Å². The first-order valence-electron chi connectivity index (χ1n) is 17.8. The van der Waals surface area contributed by atoms with Crippen LogP contribution in [0.25, 0.3) is 12.2 Å². The summed E-state index contributed by atoms with van der Waals surface area (Å²) in [5, 5.41) is 149. The lowest BCUT2D eigenvalue weighted by Crippen LogP contribution is -2.60. The largest absolute Gasteiger partial charge is 0.508 e. The molecular formula is C40H44O17. The Morgan fingerprint density at radius 3 is 1.79 bits per heavy atom. The van der Waals surface area contributed by atoms with Gasteiger partial charge < -0.3 is 85.7 Å². The van der Waals surface area contributed by atoms with Gasteiger partial charge >= 0.3 is 0 Å². The van der Waals surface area contributed by atoms with Gasteiger partial charge in [-0.15, -0.1) is 0 Å². The molecule has 306 valence electrons. The van der Waals surface area contributed by atoms with Gasteiger partial charge in [-0.05, 0) is 58.7 Å². The molecule has 0 aliphatic carbocycles. The van der Waals surface area contributed by atoms with Crippen molar-refractivity contribution in [3.05, 3.63) is 106 Å². The SMILES string of the molecule is OC[C@H]1O[C@@H](c2c(O)cc(O)cc2[C@@H](O)[C@@H](c2ccc(O)cc2)c2c(O)cc(O[C@@H]3O[C@H](CO)[C@@H](O)[C@H](O)[C@H]3O)cc2/C=C/c2ccc(O)cc2)[C@H](O)[C@@H](O)[C@@H]1O. The third kappa shape index (κ3) is 8.50. The van der Waals surface area contributed by atoms with Crippen molar-refractivity contribution in [2.75, 3.05) is 13.2 Å². The van der Waals surface area contributed by atoms with Crippen LogP contribution in [0, 0.1) is 0 Å². The van der Waals surface area contributed by atoms with E-state index in [1.807, 2.05) is 0 Å². The van der Waals surface area contributed by atoms with Crippen molar-refractivity contribution in [1.82, 2.24) is 0 Å². The van der Waals surface area contributed by atoms with Gasteiger partial charge in [0, 0.05) is 29.2 Å². The van der Waals surface area contributed by atoms with Crippen LogP contribution in [0.2, 0.25) is 0 Å². The number of aliphatic hydroxyl groups excluding tert-OH is 9. The van der Waals surface area contributed by atoms with Crippen molar-refractivity contribution in [1.29, 1.82) is 0 Å². The van der Waals surface area contributed by atoms with E-state index in [9.17, 15) is 71.5 Å². The summed E-state index contributed by atoms with van der Waals surface area (Å²) >= 11 is 0. The van der Waals surface area contributed by atoms with Gasteiger partial charge in [0.25, 0.3) is 0 Å². The number of phenols is 5. The topological polar surface area (TPSA) is 311 Å². The Morgan fingerprint density at radius 1 is 0.596 bits per heavy atom. The predicted octanol–water partition coefficient (Wildman–Crippen LogP) is -0.0559. The van der Waals surface area contributed by atoms with Crippen LogP contribution < -0.4 is 4.74 Å². The normalized spacial score (nSPS) is 28.9. The standard InChI is InChI=1S/C40H44O17/c41-15-27-33(49)35(51)37(53)39(56-27)31-24(12-22(45)13-25(31)46)32(48)30(18-5-9-21(44)10-6-18)29-19(4-1-17-2-7-20(43)8-3-17)11-23(14-26(29)47)55-40-38(54)36(52)34(50)28(16-42)57-40/h1-14,27-28,30,32-54H,15-16H2/b4-1+/t27-,28-,30+,32-,33-,34-,35+,36+,37-,38-,39+,40-/m1/s1. The molecule has 0 saturated carbocycles. The summed E-state index contributed by atoms with van der Waals surface area (Å²) in [5.74, 6) is -3.56. The zero-order valence-electron chi connectivity index (χ0n) is 29.9. The van der Waals surface area contributed by atoms with Crippen molar-refractivity contribution in [2.24, 2.45) is 0 Å². The van der Waals surface area contributed by atoms with Crippen LogP contribution >= 0.6 is 0 Å². The number of aromatic hydroxyl groups is 5. The number of hydrogen-bond donors (Lipinski definition) is 14. The molecule has 6 rings (SSSR count). The Morgan fingerprint density at radius 2 is 1.18 bits per heavy atom. The Bertz CT molecular complexity index is 2020. The van der Waals surface area contributed by atoms with Crippen molar-refractivity contribution in [3.63, 3.8) is 0 Å². The number of ether oxygens (including phenoxy) is 3. The molecule has 17 heteroatoms. The lowest BCUT2D eigenvalue weighted by molar-refractivity contribution is -0.277. The molecule has 0 spiro atoms. The maximum atomic E-state index is 12.5. The molecule has 14 N–H and O–H groups in total. The smallest absolute Gasteiger partial charge is 0.229 e. The highest BCUT2D eigenvalue weighted by Gasteiger charge is 2.47. The van der Waals surface area contributed by atoms with Gasteiger partial charge in [-0.3, -0.25) is 0 Å². The fraction of sp³-hybridized carbons (Fsp3) is 0.350. The van der Waals surface area contributed by atoms with E-state index in [0.29, 0.717) is 5.56 Å². The van der Waals surface area contributed by atoms with E-state index in [1.54, 1.807) is 18.2 Å². The molecule has 2 saturated heterocycles. The molecule has 4 aromatic carbocycles. The Labute approximate surface area is 324 Å². The highest BCUT2D eigenvalue weighted by Crippen LogP contribution is 2.50. The van der Waals surface area contributed by atoms with E-state index >= 15 is 0 Å². The van der Waals surface area contributed by atoms with Gasteiger partial charge in [-0.1, -0.05) is 36.4 Å². The Kier molecular flexibility index (Phi) is 12.6. The van der Waals surface area contributed by atoms with Crippen LogP contribution in [0.5, 0.6) is 34.5 Å². The number of rotatable bonds is 11. The number of hydrogen-bond acceptors (Lipinski definition) is 17. The monoisotopic (exact) mass is 796 g/mol. The lowest BCUT2D eigenvalue weighted by Gasteiger charge is -2.41. The molecule has 0 amide bonds. The van der Waals surface area contributed by atoms with Gasteiger partial charge in [0.1, 0.15) is 89.4 Å². The van der Waals surface area contributed by atoms with Crippen molar-refractivity contribution in [3.8, 4) is 34.5 Å². The molecule has 2 aliphatic heterocycles. The second-order valence-corrected chi connectivity index (χ2v) is 13.9. The second kappa shape index (κ2) is 17.2. The van der Waals surface area contributed by atoms with E-state index in [4.69, 9.17) is 14.2 Å². The lowest BCUT2D eigenvalue weighted by atomic mass is 9.78. The quantitative estimate of drug-likeness (QED) is 0.0885. The molecule has 57 heavy (non-hydrogen) atoms. The van der Waals surface area contributed by atoms with Crippen LogP contribution in [-0.2, 0) is 9.47 Å². The van der Waals surface area contributed by atoms with Gasteiger partial charge in [-0.25, -0.2) is 0 Å². The molecule has 0 bridgehead atoms. The van der Waals surface area contributed by atoms with Crippen molar-refractivity contribution < 1.29 is 85.7 Å². The zero-order chi connectivity index (χ0) is 41.3. The molecule has 2 aliphatic rings. The first-order chi connectivity index (χ1) is 27.1. The molecule has 2 fully saturated rings. The summed E-state index contributed by atoms with van der Waals surface area (Å²) in [7, 11) is 0. The summed E-state index contributed by atoms with van der Waals surface area (Å²) in [6, 6.07) is 15.8. The second-order valence-electron chi connectivity index (χ2n) is 13.9. The van der Waals surface area contributed by atoms with Crippen molar-refractivity contribution in [2.45, 2.75) is 73.2 Å². The van der Waals surface area contributed by atoms with E-state index in [1.165, 1.54) is 48.5 Å². The van der Waals surface area contributed by atoms with Crippen LogP contribution in [-0.4, -0.2) is 140 Å². The fourth-order valence-electron chi connectivity index (χ4n) is 7.16. The maximum absolute atomic E-state index is 12.5. The molecule has 12 atom stereocenters. The molecule has 17 nitrogen and oxygen atoms in total. The fourth-order valence-corrected chi connectivity index (χ4v) is 7.16.